The minimum absolute atomic E-state index is 0.0728. The lowest BCUT2D eigenvalue weighted by Crippen LogP contribution is -2.51. The standard InChI is InChI=1S/C20H25N3O4/c1-4-26-17-7-5-16(6-8-17)13-18(24)22-9-11-23(12-10-22)20(25)19-14(2)21-27-15(19)3/h5-8H,4,9-13H2,1-3H3. The average molecular weight is 371 g/mol. The number of rotatable bonds is 5. The van der Waals surface area contributed by atoms with Crippen LogP contribution in [-0.4, -0.2) is 59.6 Å². The van der Waals surface area contributed by atoms with Crippen LogP contribution >= 0.6 is 0 Å². The first kappa shape index (κ1) is 18.9. The van der Waals surface area contributed by atoms with Crippen LogP contribution in [0, 0.1) is 13.8 Å². The molecule has 1 aromatic carbocycles. The molecule has 1 fully saturated rings. The molecule has 0 unspecified atom stereocenters. The zero-order chi connectivity index (χ0) is 19.4. The first-order valence-electron chi connectivity index (χ1n) is 9.21. The fourth-order valence-corrected chi connectivity index (χ4v) is 3.26. The summed E-state index contributed by atoms with van der Waals surface area (Å²) in [5, 5.41) is 3.84. The summed E-state index contributed by atoms with van der Waals surface area (Å²) >= 11 is 0. The van der Waals surface area contributed by atoms with E-state index >= 15 is 0 Å². The Morgan fingerprint density at radius 2 is 1.70 bits per heavy atom. The minimum Gasteiger partial charge on any atom is -0.494 e. The van der Waals surface area contributed by atoms with Crippen molar-refractivity contribution >= 4 is 11.8 Å². The lowest BCUT2D eigenvalue weighted by atomic mass is 10.1. The van der Waals surface area contributed by atoms with Crippen molar-refractivity contribution in [3.8, 4) is 5.75 Å². The zero-order valence-electron chi connectivity index (χ0n) is 16.0. The van der Waals surface area contributed by atoms with Gasteiger partial charge in [0.05, 0.1) is 18.7 Å². The molecule has 0 atom stereocenters. The van der Waals surface area contributed by atoms with Crippen LogP contribution in [0.2, 0.25) is 0 Å². The Bertz CT molecular complexity index is 786. The molecule has 0 bridgehead atoms. The quantitative estimate of drug-likeness (QED) is 0.806. The third kappa shape index (κ3) is 4.30. The lowest BCUT2D eigenvalue weighted by Gasteiger charge is -2.34. The number of aromatic nitrogens is 1. The molecule has 2 aromatic rings. The van der Waals surface area contributed by atoms with Gasteiger partial charge in [-0.2, -0.15) is 0 Å². The summed E-state index contributed by atoms with van der Waals surface area (Å²) in [4.78, 5) is 28.8. The molecule has 0 radical (unpaired) electrons. The molecule has 1 aliphatic rings. The highest BCUT2D eigenvalue weighted by Gasteiger charge is 2.28. The number of hydrogen-bond acceptors (Lipinski definition) is 5. The number of hydrogen-bond donors (Lipinski definition) is 0. The molecule has 2 amide bonds. The van der Waals surface area contributed by atoms with E-state index < -0.39 is 0 Å². The predicted octanol–water partition coefficient (Wildman–Crippen LogP) is 2.22. The van der Waals surface area contributed by atoms with Crippen LogP contribution < -0.4 is 4.74 Å². The summed E-state index contributed by atoms with van der Waals surface area (Å²) in [6.07, 6.45) is 0.351. The van der Waals surface area contributed by atoms with Gasteiger partial charge in [-0.15, -0.1) is 0 Å². The van der Waals surface area contributed by atoms with Gasteiger partial charge in [0.2, 0.25) is 5.91 Å². The molecule has 144 valence electrons. The molecule has 0 N–H and O–H groups in total. The number of carbonyl (C=O) groups excluding carboxylic acids is 2. The smallest absolute Gasteiger partial charge is 0.259 e. The van der Waals surface area contributed by atoms with Crippen LogP contribution in [0.4, 0.5) is 0 Å². The molecule has 1 aromatic heterocycles. The van der Waals surface area contributed by atoms with Crippen molar-refractivity contribution in [2.24, 2.45) is 0 Å². The summed E-state index contributed by atoms with van der Waals surface area (Å²) in [5.74, 6) is 1.33. The molecular formula is C20H25N3O4. The molecule has 0 saturated carbocycles. The minimum atomic E-state index is -0.0788. The van der Waals surface area contributed by atoms with E-state index in [0.717, 1.165) is 11.3 Å². The van der Waals surface area contributed by atoms with E-state index in [0.29, 0.717) is 56.2 Å². The van der Waals surface area contributed by atoms with Gasteiger partial charge in [0, 0.05) is 26.2 Å². The second kappa shape index (κ2) is 8.24. The van der Waals surface area contributed by atoms with E-state index in [9.17, 15) is 9.59 Å². The van der Waals surface area contributed by atoms with Crippen molar-refractivity contribution in [2.45, 2.75) is 27.2 Å². The molecule has 2 heterocycles. The Labute approximate surface area is 158 Å². The van der Waals surface area contributed by atoms with Gasteiger partial charge in [-0.3, -0.25) is 9.59 Å². The molecule has 1 aliphatic heterocycles. The Morgan fingerprint density at radius 3 is 2.26 bits per heavy atom. The van der Waals surface area contributed by atoms with E-state index in [4.69, 9.17) is 9.26 Å². The Kier molecular flexibility index (Phi) is 5.78. The third-order valence-corrected chi connectivity index (χ3v) is 4.76. The van der Waals surface area contributed by atoms with Crippen LogP contribution in [-0.2, 0) is 11.2 Å². The van der Waals surface area contributed by atoms with Crippen LogP contribution in [0.15, 0.2) is 28.8 Å². The third-order valence-electron chi connectivity index (χ3n) is 4.76. The van der Waals surface area contributed by atoms with Gasteiger partial charge in [0.25, 0.3) is 5.91 Å². The topological polar surface area (TPSA) is 75.9 Å². The molecule has 3 rings (SSSR count). The molecule has 0 spiro atoms. The van der Waals surface area contributed by atoms with Crippen molar-refractivity contribution < 1.29 is 18.8 Å². The second-order valence-corrected chi connectivity index (χ2v) is 6.63. The maximum atomic E-state index is 12.7. The molecule has 0 aliphatic carbocycles. The highest BCUT2D eigenvalue weighted by atomic mass is 16.5. The number of benzene rings is 1. The fourth-order valence-electron chi connectivity index (χ4n) is 3.26. The first-order chi connectivity index (χ1) is 13.0. The summed E-state index contributed by atoms with van der Waals surface area (Å²) in [5.41, 5.74) is 2.09. The second-order valence-electron chi connectivity index (χ2n) is 6.63. The van der Waals surface area contributed by atoms with Gasteiger partial charge in [-0.1, -0.05) is 17.3 Å². The molecule has 27 heavy (non-hydrogen) atoms. The normalized spacial score (nSPS) is 14.3. The van der Waals surface area contributed by atoms with Gasteiger partial charge in [0.1, 0.15) is 17.1 Å². The van der Waals surface area contributed by atoms with E-state index in [-0.39, 0.29) is 11.8 Å². The monoisotopic (exact) mass is 371 g/mol. The van der Waals surface area contributed by atoms with Crippen molar-refractivity contribution in [3.05, 3.63) is 46.8 Å². The maximum Gasteiger partial charge on any atom is 0.259 e. The molecule has 1 saturated heterocycles. The first-order valence-corrected chi connectivity index (χ1v) is 9.21. The summed E-state index contributed by atoms with van der Waals surface area (Å²) in [7, 11) is 0. The highest BCUT2D eigenvalue weighted by Crippen LogP contribution is 2.17. The summed E-state index contributed by atoms with van der Waals surface area (Å²) in [6.45, 7) is 8.15. The fraction of sp³-hybridized carbons (Fsp3) is 0.450. The molecular weight excluding hydrogens is 346 g/mol. The average Bonchev–Trinajstić information content (AvgIpc) is 3.01. The van der Waals surface area contributed by atoms with Crippen molar-refractivity contribution in [3.63, 3.8) is 0 Å². The Balaban J connectivity index is 1.54. The van der Waals surface area contributed by atoms with Gasteiger partial charge in [-0.05, 0) is 38.5 Å². The van der Waals surface area contributed by atoms with Crippen LogP contribution in [0.3, 0.4) is 0 Å². The zero-order valence-corrected chi connectivity index (χ0v) is 16.0. The predicted molar refractivity (Wildman–Crippen MR) is 99.8 cm³/mol. The summed E-state index contributed by atoms with van der Waals surface area (Å²) < 4.78 is 10.5. The van der Waals surface area contributed by atoms with Gasteiger partial charge >= 0.3 is 0 Å². The largest absolute Gasteiger partial charge is 0.494 e. The van der Waals surface area contributed by atoms with Gasteiger partial charge in [-0.25, -0.2) is 0 Å². The number of ether oxygens (including phenoxy) is 1. The van der Waals surface area contributed by atoms with Gasteiger partial charge in [0.15, 0.2) is 0 Å². The number of amides is 2. The van der Waals surface area contributed by atoms with Crippen molar-refractivity contribution in [1.29, 1.82) is 0 Å². The van der Waals surface area contributed by atoms with Crippen molar-refractivity contribution in [2.75, 3.05) is 32.8 Å². The maximum absolute atomic E-state index is 12.7. The van der Waals surface area contributed by atoms with E-state index in [2.05, 4.69) is 5.16 Å². The van der Waals surface area contributed by atoms with Crippen LogP contribution in [0.1, 0.15) is 34.3 Å². The number of piperazine rings is 1. The Hall–Kier alpha value is -2.83. The van der Waals surface area contributed by atoms with Crippen molar-refractivity contribution in [1.82, 2.24) is 15.0 Å². The summed E-state index contributed by atoms with van der Waals surface area (Å²) in [6, 6.07) is 7.60. The number of carbonyl (C=O) groups is 2. The van der Waals surface area contributed by atoms with E-state index in [1.807, 2.05) is 36.1 Å². The Morgan fingerprint density at radius 1 is 1.07 bits per heavy atom. The SMILES string of the molecule is CCOc1ccc(CC(=O)N2CCN(C(=O)c3c(C)noc3C)CC2)cc1. The molecule has 7 heteroatoms. The molecule has 7 nitrogen and oxygen atoms in total. The van der Waals surface area contributed by atoms with Crippen LogP contribution in [0.5, 0.6) is 5.75 Å². The number of nitrogens with zero attached hydrogens (tertiary/aromatic N) is 3. The van der Waals surface area contributed by atoms with Crippen LogP contribution in [0.25, 0.3) is 0 Å². The van der Waals surface area contributed by atoms with E-state index in [1.165, 1.54) is 0 Å². The number of aryl methyl sites for hydroxylation is 2. The van der Waals surface area contributed by atoms with Gasteiger partial charge < -0.3 is 19.1 Å². The highest BCUT2D eigenvalue weighted by molar-refractivity contribution is 5.96. The lowest BCUT2D eigenvalue weighted by molar-refractivity contribution is -0.131. The van der Waals surface area contributed by atoms with E-state index in [1.54, 1.807) is 18.7 Å².